The molecule has 0 unspecified atom stereocenters. The lowest BCUT2D eigenvalue weighted by Gasteiger charge is -2.11. The maximum Gasteiger partial charge on any atom is 0.142 e. The topological polar surface area (TPSA) is 44.5 Å². The van der Waals surface area contributed by atoms with E-state index in [9.17, 15) is 0 Å². The van der Waals surface area contributed by atoms with E-state index in [1.165, 1.54) is 0 Å². The van der Waals surface area contributed by atoms with E-state index < -0.39 is 0 Å². The van der Waals surface area contributed by atoms with Crippen LogP contribution < -0.4 is 15.2 Å². The van der Waals surface area contributed by atoms with Crippen LogP contribution in [0.4, 0.5) is 5.69 Å². The lowest BCUT2D eigenvalue weighted by molar-refractivity contribution is 0.298. The standard InChI is InChI=1S/C14H14ClNO2/c1-17-13-7-6-11(15)8-10(13)9-18-14-5-3-2-4-12(14)16/h2-8H,9,16H2,1H3. The quantitative estimate of drug-likeness (QED) is 0.859. The maximum atomic E-state index is 5.95. The third-order valence-electron chi connectivity index (χ3n) is 2.54. The van der Waals surface area contributed by atoms with E-state index in [-0.39, 0.29) is 0 Å². The van der Waals surface area contributed by atoms with Crippen LogP contribution >= 0.6 is 11.6 Å². The summed E-state index contributed by atoms with van der Waals surface area (Å²) >= 11 is 5.95. The molecule has 0 bridgehead atoms. The van der Waals surface area contributed by atoms with Gasteiger partial charge in [-0.15, -0.1) is 0 Å². The summed E-state index contributed by atoms with van der Waals surface area (Å²) in [6.45, 7) is 0.359. The van der Waals surface area contributed by atoms with Gasteiger partial charge in [0.1, 0.15) is 18.1 Å². The van der Waals surface area contributed by atoms with Crippen LogP contribution in [0.1, 0.15) is 5.56 Å². The molecule has 0 aliphatic rings. The van der Waals surface area contributed by atoms with Crippen molar-refractivity contribution < 1.29 is 9.47 Å². The van der Waals surface area contributed by atoms with Crippen molar-refractivity contribution in [2.24, 2.45) is 0 Å². The van der Waals surface area contributed by atoms with E-state index in [1.807, 2.05) is 30.3 Å². The Morgan fingerprint density at radius 1 is 1.11 bits per heavy atom. The Morgan fingerprint density at radius 2 is 1.89 bits per heavy atom. The second-order valence-electron chi connectivity index (χ2n) is 3.78. The van der Waals surface area contributed by atoms with Crippen LogP contribution in [0.3, 0.4) is 0 Å². The summed E-state index contributed by atoms with van der Waals surface area (Å²) in [5.74, 6) is 1.40. The van der Waals surface area contributed by atoms with Crippen LogP contribution in [-0.4, -0.2) is 7.11 Å². The zero-order valence-electron chi connectivity index (χ0n) is 10.0. The third kappa shape index (κ3) is 2.87. The van der Waals surface area contributed by atoms with Crippen molar-refractivity contribution in [2.75, 3.05) is 12.8 Å². The van der Waals surface area contributed by atoms with Gasteiger partial charge < -0.3 is 15.2 Å². The van der Waals surface area contributed by atoms with Crippen molar-refractivity contribution in [1.29, 1.82) is 0 Å². The highest BCUT2D eigenvalue weighted by Gasteiger charge is 2.06. The number of hydrogen-bond acceptors (Lipinski definition) is 3. The summed E-state index contributed by atoms with van der Waals surface area (Å²) in [5, 5.41) is 0.649. The average molecular weight is 264 g/mol. The molecule has 0 aromatic heterocycles. The number of para-hydroxylation sites is 2. The number of nitrogens with two attached hydrogens (primary N) is 1. The van der Waals surface area contributed by atoms with E-state index in [0.717, 1.165) is 11.3 Å². The number of nitrogen functional groups attached to an aromatic ring is 1. The van der Waals surface area contributed by atoms with Gasteiger partial charge in [0, 0.05) is 10.6 Å². The van der Waals surface area contributed by atoms with Crippen molar-refractivity contribution in [3.63, 3.8) is 0 Å². The predicted octanol–water partition coefficient (Wildman–Crippen LogP) is 3.51. The minimum Gasteiger partial charge on any atom is -0.496 e. The molecule has 18 heavy (non-hydrogen) atoms. The van der Waals surface area contributed by atoms with Crippen molar-refractivity contribution in [3.8, 4) is 11.5 Å². The Kier molecular flexibility index (Phi) is 3.95. The number of anilines is 1. The molecule has 0 aliphatic carbocycles. The molecule has 2 aromatic rings. The molecule has 0 radical (unpaired) electrons. The molecular formula is C14H14ClNO2. The lowest BCUT2D eigenvalue weighted by Crippen LogP contribution is -2.00. The van der Waals surface area contributed by atoms with Crippen molar-refractivity contribution in [3.05, 3.63) is 53.1 Å². The zero-order chi connectivity index (χ0) is 13.0. The van der Waals surface area contributed by atoms with E-state index in [2.05, 4.69) is 0 Å². The molecule has 0 saturated carbocycles. The fourth-order valence-corrected chi connectivity index (χ4v) is 1.82. The summed E-state index contributed by atoms with van der Waals surface area (Å²) in [7, 11) is 1.61. The van der Waals surface area contributed by atoms with Crippen LogP contribution in [0.25, 0.3) is 0 Å². The largest absolute Gasteiger partial charge is 0.496 e. The third-order valence-corrected chi connectivity index (χ3v) is 2.78. The molecule has 2 N–H and O–H groups in total. The molecule has 0 amide bonds. The van der Waals surface area contributed by atoms with Gasteiger partial charge in [-0.25, -0.2) is 0 Å². The van der Waals surface area contributed by atoms with E-state index in [0.29, 0.717) is 23.1 Å². The Bertz CT molecular complexity index is 543. The summed E-state index contributed by atoms with van der Waals surface area (Å²) in [6.07, 6.45) is 0. The van der Waals surface area contributed by atoms with Crippen LogP contribution in [0, 0.1) is 0 Å². The van der Waals surface area contributed by atoms with Gasteiger partial charge in [-0.3, -0.25) is 0 Å². The summed E-state index contributed by atoms with van der Waals surface area (Å²) in [5.41, 5.74) is 7.30. The van der Waals surface area contributed by atoms with Crippen molar-refractivity contribution in [1.82, 2.24) is 0 Å². The normalized spacial score (nSPS) is 10.1. The van der Waals surface area contributed by atoms with E-state index in [1.54, 1.807) is 19.2 Å². The van der Waals surface area contributed by atoms with Gasteiger partial charge in [0.25, 0.3) is 0 Å². The number of halogens is 1. The number of benzene rings is 2. The fraction of sp³-hybridized carbons (Fsp3) is 0.143. The zero-order valence-corrected chi connectivity index (χ0v) is 10.8. The highest BCUT2D eigenvalue weighted by atomic mass is 35.5. The Labute approximate surface area is 111 Å². The number of hydrogen-bond donors (Lipinski definition) is 1. The molecule has 0 spiro atoms. The van der Waals surface area contributed by atoms with Gasteiger partial charge in [-0.05, 0) is 30.3 Å². The molecule has 3 nitrogen and oxygen atoms in total. The van der Waals surface area contributed by atoms with Gasteiger partial charge in [-0.2, -0.15) is 0 Å². The molecule has 2 rings (SSSR count). The first-order valence-electron chi connectivity index (χ1n) is 5.50. The minimum absolute atomic E-state index is 0.359. The molecule has 0 heterocycles. The second kappa shape index (κ2) is 5.65. The molecule has 0 saturated heterocycles. The van der Waals surface area contributed by atoms with Gasteiger partial charge in [0.15, 0.2) is 0 Å². The van der Waals surface area contributed by atoms with Gasteiger partial charge in [0.2, 0.25) is 0 Å². The highest BCUT2D eigenvalue weighted by Crippen LogP contribution is 2.26. The van der Waals surface area contributed by atoms with Crippen LogP contribution in [0.15, 0.2) is 42.5 Å². The van der Waals surface area contributed by atoms with Gasteiger partial charge in [-0.1, -0.05) is 23.7 Å². The van der Waals surface area contributed by atoms with Crippen LogP contribution in [0.2, 0.25) is 5.02 Å². The molecule has 94 valence electrons. The number of ether oxygens (including phenoxy) is 2. The molecular weight excluding hydrogens is 250 g/mol. The minimum atomic E-state index is 0.359. The monoisotopic (exact) mass is 263 g/mol. The summed E-state index contributed by atoms with van der Waals surface area (Å²) in [4.78, 5) is 0. The first-order chi connectivity index (χ1) is 8.70. The van der Waals surface area contributed by atoms with Crippen LogP contribution in [-0.2, 0) is 6.61 Å². The van der Waals surface area contributed by atoms with Crippen molar-refractivity contribution >= 4 is 17.3 Å². The molecule has 0 atom stereocenters. The molecule has 0 aliphatic heterocycles. The predicted molar refractivity (Wildman–Crippen MR) is 73.2 cm³/mol. The molecule has 4 heteroatoms. The Morgan fingerprint density at radius 3 is 2.61 bits per heavy atom. The van der Waals surface area contributed by atoms with Gasteiger partial charge >= 0.3 is 0 Å². The molecule has 2 aromatic carbocycles. The lowest BCUT2D eigenvalue weighted by atomic mass is 10.2. The number of rotatable bonds is 4. The molecule has 0 fully saturated rings. The SMILES string of the molecule is COc1ccc(Cl)cc1COc1ccccc1N. The smallest absolute Gasteiger partial charge is 0.142 e. The fourth-order valence-electron chi connectivity index (χ4n) is 1.63. The van der Waals surface area contributed by atoms with Gasteiger partial charge in [0.05, 0.1) is 12.8 Å². The summed E-state index contributed by atoms with van der Waals surface area (Å²) in [6, 6.07) is 12.8. The Hall–Kier alpha value is -1.87. The maximum absolute atomic E-state index is 5.95. The van der Waals surface area contributed by atoms with E-state index >= 15 is 0 Å². The summed E-state index contributed by atoms with van der Waals surface area (Å²) < 4.78 is 10.9. The second-order valence-corrected chi connectivity index (χ2v) is 4.22. The van der Waals surface area contributed by atoms with E-state index in [4.69, 9.17) is 26.8 Å². The van der Waals surface area contributed by atoms with Crippen LogP contribution in [0.5, 0.6) is 11.5 Å². The first-order valence-corrected chi connectivity index (χ1v) is 5.88. The van der Waals surface area contributed by atoms with Crippen molar-refractivity contribution in [2.45, 2.75) is 6.61 Å². The first kappa shape index (κ1) is 12.6. The number of methoxy groups -OCH3 is 1. The average Bonchev–Trinajstić information content (AvgIpc) is 2.38. The Balaban J connectivity index is 2.15. The highest BCUT2D eigenvalue weighted by molar-refractivity contribution is 6.30.